The quantitative estimate of drug-likeness (QED) is 0.582. The Morgan fingerprint density at radius 1 is 1.55 bits per heavy atom. The third kappa shape index (κ3) is 1.52. The van der Waals surface area contributed by atoms with E-state index in [4.69, 9.17) is 4.74 Å². The van der Waals surface area contributed by atoms with Crippen LogP contribution in [-0.2, 0) is 0 Å². The van der Waals surface area contributed by atoms with Crippen LogP contribution in [0, 0.1) is 6.92 Å². The first-order valence-corrected chi connectivity index (χ1v) is 3.11. The fraction of sp³-hybridized carbons (Fsp3) is 0.286. The standard InChI is InChI=1S/C7H8N2O2/c1-5-3-6(4-10)7(11-2)9-8-5/h3-4H,1-2H3. The molecule has 4 heteroatoms. The molecule has 4 nitrogen and oxygen atoms in total. The zero-order valence-electron chi connectivity index (χ0n) is 6.37. The molecule has 0 atom stereocenters. The lowest BCUT2D eigenvalue weighted by Gasteiger charge is -1.99. The Labute approximate surface area is 64.2 Å². The van der Waals surface area contributed by atoms with Crippen LogP contribution in [0.2, 0.25) is 0 Å². The summed E-state index contributed by atoms with van der Waals surface area (Å²) < 4.78 is 4.79. The molecule has 0 fully saturated rings. The van der Waals surface area contributed by atoms with Crippen molar-refractivity contribution in [1.29, 1.82) is 0 Å². The minimum absolute atomic E-state index is 0.269. The number of aldehydes is 1. The van der Waals surface area contributed by atoms with Crippen LogP contribution in [0.25, 0.3) is 0 Å². The predicted octanol–water partition coefficient (Wildman–Crippen LogP) is 0.606. The largest absolute Gasteiger partial charge is 0.479 e. The molecule has 0 N–H and O–H groups in total. The predicted molar refractivity (Wildman–Crippen MR) is 38.7 cm³/mol. The second-order valence-corrected chi connectivity index (χ2v) is 2.07. The van der Waals surface area contributed by atoms with Crippen molar-refractivity contribution in [2.45, 2.75) is 6.92 Å². The van der Waals surface area contributed by atoms with Crippen molar-refractivity contribution in [2.75, 3.05) is 7.11 Å². The molecule has 0 amide bonds. The van der Waals surface area contributed by atoms with Gasteiger partial charge in [0.25, 0.3) is 0 Å². The van der Waals surface area contributed by atoms with Gasteiger partial charge in [0.15, 0.2) is 6.29 Å². The molecule has 0 saturated heterocycles. The zero-order valence-corrected chi connectivity index (χ0v) is 6.37. The summed E-state index contributed by atoms with van der Waals surface area (Å²) in [6.45, 7) is 1.76. The Morgan fingerprint density at radius 3 is 2.82 bits per heavy atom. The topological polar surface area (TPSA) is 52.1 Å². The number of methoxy groups -OCH3 is 1. The van der Waals surface area contributed by atoms with Gasteiger partial charge in [-0.25, -0.2) is 0 Å². The molecule has 0 bridgehead atoms. The molecule has 0 spiro atoms. The summed E-state index contributed by atoms with van der Waals surface area (Å²) in [5, 5.41) is 7.39. The summed E-state index contributed by atoms with van der Waals surface area (Å²) in [5.41, 5.74) is 1.13. The highest BCUT2D eigenvalue weighted by molar-refractivity contribution is 5.78. The summed E-state index contributed by atoms with van der Waals surface area (Å²) in [5.74, 6) is 0.269. The average Bonchev–Trinajstić information content (AvgIpc) is 2.04. The lowest BCUT2D eigenvalue weighted by Crippen LogP contribution is -1.97. The minimum Gasteiger partial charge on any atom is -0.479 e. The first kappa shape index (κ1) is 7.65. The molecule has 0 aliphatic carbocycles. The van der Waals surface area contributed by atoms with Crippen LogP contribution in [0.5, 0.6) is 5.88 Å². The Morgan fingerprint density at radius 2 is 2.27 bits per heavy atom. The van der Waals surface area contributed by atoms with E-state index in [9.17, 15) is 4.79 Å². The normalized spacial score (nSPS) is 9.27. The van der Waals surface area contributed by atoms with Crippen LogP contribution in [0.4, 0.5) is 0 Å². The number of carbonyl (C=O) groups is 1. The summed E-state index contributed by atoms with van der Waals surface area (Å²) in [6, 6.07) is 1.62. The van der Waals surface area contributed by atoms with E-state index in [1.165, 1.54) is 7.11 Å². The number of aromatic nitrogens is 2. The first-order valence-electron chi connectivity index (χ1n) is 3.11. The van der Waals surface area contributed by atoms with E-state index in [1.54, 1.807) is 13.0 Å². The highest BCUT2D eigenvalue weighted by Crippen LogP contribution is 2.10. The van der Waals surface area contributed by atoms with Crippen LogP contribution in [0.3, 0.4) is 0 Å². The molecule has 1 aromatic rings. The van der Waals surface area contributed by atoms with Crippen molar-refractivity contribution < 1.29 is 9.53 Å². The maximum Gasteiger partial charge on any atom is 0.243 e. The molecule has 11 heavy (non-hydrogen) atoms. The molecule has 0 aromatic carbocycles. The summed E-state index contributed by atoms with van der Waals surface area (Å²) in [7, 11) is 1.45. The van der Waals surface area contributed by atoms with Gasteiger partial charge in [-0.1, -0.05) is 0 Å². The van der Waals surface area contributed by atoms with E-state index in [2.05, 4.69) is 10.2 Å². The van der Waals surface area contributed by atoms with Gasteiger partial charge in [0.05, 0.1) is 18.4 Å². The molecule has 1 aromatic heterocycles. The van der Waals surface area contributed by atoms with Gasteiger partial charge >= 0.3 is 0 Å². The lowest BCUT2D eigenvalue weighted by molar-refractivity contribution is 0.111. The third-order valence-electron chi connectivity index (χ3n) is 1.23. The number of nitrogens with zero attached hydrogens (tertiary/aromatic N) is 2. The van der Waals surface area contributed by atoms with E-state index in [0.29, 0.717) is 17.5 Å². The highest BCUT2D eigenvalue weighted by atomic mass is 16.5. The molecule has 0 unspecified atom stereocenters. The number of hydrogen-bond acceptors (Lipinski definition) is 4. The maximum atomic E-state index is 10.4. The van der Waals surface area contributed by atoms with Crippen LogP contribution in [0.15, 0.2) is 6.07 Å². The number of rotatable bonds is 2. The highest BCUT2D eigenvalue weighted by Gasteiger charge is 2.02. The minimum atomic E-state index is 0.269. The first-order chi connectivity index (χ1) is 5.27. The molecule has 1 rings (SSSR count). The molecule has 0 aliphatic rings. The van der Waals surface area contributed by atoms with Gasteiger partial charge in [0, 0.05) is 0 Å². The number of ether oxygens (including phenoxy) is 1. The Bertz CT molecular complexity index is 273. The zero-order chi connectivity index (χ0) is 8.27. The van der Waals surface area contributed by atoms with E-state index >= 15 is 0 Å². The number of hydrogen-bond donors (Lipinski definition) is 0. The number of aryl methyl sites for hydroxylation is 1. The lowest BCUT2D eigenvalue weighted by atomic mass is 10.3. The van der Waals surface area contributed by atoms with E-state index in [1.807, 2.05) is 0 Å². The van der Waals surface area contributed by atoms with Crippen LogP contribution in [-0.4, -0.2) is 23.6 Å². The van der Waals surface area contributed by atoms with E-state index in [-0.39, 0.29) is 5.88 Å². The van der Waals surface area contributed by atoms with Gasteiger partial charge in [-0.3, -0.25) is 4.79 Å². The molecule has 0 radical (unpaired) electrons. The molecular weight excluding hydrogens is 144 g/mol. The molecule has 58 valence electrons. The molecule has 0 aliphatic heterocycles. The summed E-state index contributed by atoms with van der Waals surface area (Å²) in [4.78, 5) is 10.4. The van der Waals surface area contributed by atoms with Crippen molar-refractivity contribution in [1.82, 2.24) is 10.2 Å². The smallest absolute Gasteiger partial charge is 0.243 e. The second kappa shape index (κ2) is 3.09. The van der Waals surface area contributed by atoms with Gasteiger partial charge in [0.1, 0.15) is 0 Å². The third-order valence-corrected chi connectivity index (χ3v) is 1.23. The van der Waals surface area contributed by atoms with E-state index < -0.39 is 0 Å². The SMILES string of the molecule is COc1nnc(C)cc1C=O. The molecule has 1 heterocycles. The van der Waals surface area contributed by atoms with Gasteiger partial charge in [-0.15, -0.1) is 5.10 Å². The van der Waals surface area contributed by atoms with Gasteiger partial charge in [-0.2, -0.15) is 5.10 Å². The van der Waals surface area contributed by atoms with Gasteiger partial charge in [-0.05, 0) is 13.0 Å². The Hall–Kier alpha value is -1.45. The van der Waals surface area contributed by atoms with Gasteiger partial charge < -0.3 is 4.74 Å². The van der Waals surface area contributed by atoms with Gasteiger partial charge in [0.2, 0.25) is 5.88 Å². The van der Waals surface area contributed by atoms with Crippen molar-refractivity contribution in [3.63, 3.8) is 0 Å². The Kier molecular flexibility index (Phi) is 2.15. The van der Waals surface area contributed by atoms with Crippen molar-refractivity contribution in [3.8, 4) is 5.88 Å². The van der Waals surface area contributed by atoms with Crippen molar-refractivity contribution >= 4 is 6.29 Å². The van der Waals surface area contributed by atoms with Crippen molar-refractivity contribution in [2.24, 2.45) is 0 Å². The maximum absolute atomic E-state index is 10.4. The second-order valence-electron chi connectivity index (χ2n) is 2.07. The fourth-order valence-corrected chi connectivity index (χ4v) is 0.741. The molecular formula is C7H8N2O2. The van der Waals surface area contributed by atoms with Crippen LogP contribution in [0.1, 0.15) is 16.1 Å². The van der Waals surface area contributed by atoms with Crippen LogP contribution >= 0.6 is 0 Å². The van der Waals surface area contributed by atoms with Crippen LogP contribution < -0.4 is 4.74 Å². The fourth-order valence-electron chi connectivity index (χ4n) is 0.741. The Balaban J connectivity index is 3.16. The molecule has 0 saturated carbocycles. The number of carbonyl (C=O) groups excluding carboxylic acids is 1. The average molecular weight is 152 g/mol. The summed E-state index contributed by atoms with van der Waals surface area (Å²) in [6.07, 6.45) is 0.695. The monoisotopic (exact) mass is 152 g/mol. The van der Waals surface area contributed by atoms with E-state index in [0.717, 1.165) is 0 Å². The summed E-state index contributed by atoms with van der Waals surface area (Å²) >= 11 is 0. The van der Waals surface area contributed by atoms with Crippen molar-refractivity contribution in [3.05, 3.63) is 17.3 Å².